The van der Waals surface area contributed by atoms with Crippen LogP contribution in [0.25, 0.3) is 0 Å². The van der Waals surface area contributed by atoms with Gasteiger partial charge in [0.1, 0.15) is 11.7 Å². The molecule has 0 saturated carbocycles. The predicted molar refractivity (Wildman–Crippen MR) is 83.7 cm³/mol. The lowest BCUT2D eigenvalue weighted by Crippen LogP contribution is -2.13. The number of anilines is 1. The Balaban J connectivity index is 1.91. The molecule has 6 heteroatoms. The van der Waals surface area contributed by atoms with E-state index in [4.69, 9.17) is 5.73 Å². The number of amides is 1. The molecule has 0 unspecified atom stereocenters. The standard InChI is InChI=1S/C16H15FN4O/c17-14-4-2-1-3-12(14)11-16(22)21-15(18)7-10-20-13-5-8-19-9-6-13/h1-10H,11H2,(H,19,20)(H2,18,21,22)/b10-7-. The summed E-state index contributed by atoms with van der Waals surface area (Å²) in [5.74, 6) is -0.890. The Morgan fingerprint density at radius 1 is 1.27 bits per heavy atom. The highest BCUT2D eigenvalue weighted by atomic mass is 19.1. The third-order valence-electron chi connectivity index (χ3n) is 2.74. The quantitative estimate of drug-likeness (QED) is 0.655. The third-order valence-corrected chi connectivity index (χ3v) is 2.74. The van der Waals surface area contributed by atoms with Crippen LogP contribution < -0.4 is 11.1 Å². The largest absolute Gasteiger partial charge is 0.384 e. The molecule has 5 nitrogen and oxygen atoms in total. The van der Waals surface area contributed by atoms with Gasteiger partial charge in [0.2, 0.25) is 0 Å². The minimum Gasteiger partial charge on any atom is -0.384 e. The predicted octanol–water partition coefficient (Wildman–Crippen LogP) is 2.27. The minimum absolute atomic E-state index is 0.0443. The van der Waals surface area contributed by atoms with Crippen molar-refractivity contribution in [1.29, 1.82) is 0 Å². The summed E-state index contributed by atoms with van der Waals surface area (Å²) in [6.07, 6.45) is 6.18. The average Bonchev–Trinajstić information content (AvgIpc) is 2.50. The number of aromatic nitrogens is 1. The summed E-state index contributed by atoms with van der Waals surface area (Å²) in [5.41, 5.74) is 6.75. The second kappa shape index (κ2) is 7.68. The number of halogens is 1. The second-order valence-electron chi connectivity index (χ2n) is 4.41. The highest BCUT2D eigenvalue weighted by Gasteiger charge is 2.06. The van der Waals surface area contributed by atoms with E-state index in [1.165, 1.54) is 12.1 Å². The number of carbonyl (C=O) groups is 1. The number of nitrogens with two attached hydrogens (primary N) is 1. The van der Waals surface area contributed by atoms with Crippen LogP contribution in [0.1, 0.15) is 5.56 Å². The van der Waals surface area contributed by atoms with Crippen molar-refractivity contribution in [2.45, 2.75) is 6.42 Å². The Kier molecular flexibility index (Phi) is 5.37. The zero-order valence-electron chi connectivity index (χ0n) is 11.7. The Labute approximate surface area is 127 Å². The van der Waals surface area contributed by atoms with E-state index in [0.717, 1.165) is 5.69 Å². The Morgan fingerprint density at radius 2 is 2.00 bits per heavy atom. The van der Waals surface area contributed by atoms with Gasteiger partial charge in [-0.15, -0.1) is 0 Å². The molecule has 112 valence electrons. The normalized spacial score (nSPS) is 11.6. The molecule has 1 heterocycles. The van der Waals surface area contributed by atoms with E-state index in [-0.39, 0.29) is 12.3 Å². The fourth-order valence-corrected chi connectivity index (χ4v) is 1.70. The van der Waals surface area contributed by atoms with Crippen LogP contribution in [0.15, 0.2) is 66.1 Å². The summed E-state index contributed by atoms with van der Waals surface area (Å²) in [4.78, 5) is 19.3. The maximum Gasteiger partial charge on any atom is 0.252 e. The van der Waals surface area contributed by atoms with Crippen molar-refractivity contribution in [2.24, 2.45) is 10.7 Å². The molecule has 1 aromatic carbocycles. The molecule has 3 N–H and O–H groups in total. The molecule has 0 saturated heterocycles. The minimum atomic E-state index is -0.504. The van der Waals surface area contributed by atoms with Crippen molar-refractivity contribution in [1.82, 2.24) is 4.98 Å². The fourth-order valence-electron chi connectivity index (χ4n) is 1.70. The van der Waals surface area contributed by atoms with E-state index in [1.807, 2.05) is 0 Å². The van der Waals surface area contributed by atoms with E-state index >= 15 is 0 Å². The summed E-state index contributed by atoms with van der Waals surface area (Å²) in [6, 6.07) is 9.63. The van der Waals surface area contributed by atoms with Crippen molar-refractivity contribution in [3.8, 4) is 0 Å². The highest BCUT2D eigenvalue weighted by molar-refractivity contribution is 6.00. The molecule has 0 atom stereocenters. The van der Waals surface area contributed by atoms with Gasteiger partial charge in [0, 0.05) is 24.3 Å². The molecule has 0 aliphatic rings. The number of nitrogens with one attached hydrogen (secondary N) is 1. The lowest BCUT2D eigenvalue weighted by molar-refractivity contribution is -0.117. The van der Waals surface area contributed by atoms with Gasteiger partial charge in [-0.1, -0.05) is 18.2 Å². The average molecular weight is 298 g/mol. The van der Waals surface area contributed by atoms with Gasteiger partial charge in [-0.05, 0) is 29.8 Å². The van der Waals surface area contributed by atoms with E-state index in [9.17, 15) is 9.18 Å². The van der Waals surface area contributed by atoms with Gasteiger partial charge in [-0.25, -0.2) is 4.39 Å². The fraction of sp³-hybridized carbons (Fsp3) is 0.0625. The first-order valence-electron chi connectivity index (χ1n) is 6.58. The first kappa shape index (κ1) is 15.4. The topological polar surface area (TPSA) is 80.4 Å². The molecule has 0 aliphatic heterocycles. The Bertz CT molecular complexity index is 698. The number of hydrogen-bond donors (Lipinski definition) is 2. The molecule has 0 radical (unpaired) electrons. The molecule has 0 aliphatic carbocycles. The maximum atomic E-state index is 13.4. The molecule has 0 fully saturated rings. The monoisotopic (exact) mass is 298 g/mol. The molecule has 0 bridgehead atoms. The van der Waals surface area contributed by atoms with Gasteiger partial charge in [-0.2, -0.15) is 4.99 Å². The number of hydrogen-bond acceptors (Lipinski definition) is 3. The van der Waals surface area contributed by atoms with E-state index in [1.54, 1.807) is 48.9 Å². The van der Waals surface area contributed by atoms with Crippen LogP contribution >= 0.6 is 0 Å². The number of pyridine rings is 1. The summed E-state index contributed by atoms with van der Waals surface area (Å²) in [5, 5.41) is 2.95. The number of carbonyl (C=O) groups excluding carboxylic acids is 1. The van der Waals surface area contributed by atoms with Gasteiger partial charge in [0.15, 0.2) is 0 Å². The molecule has 0 spiro atoms. The van der Waals surface area contributed by atoms with Crippen molar-refractivity contribution < 1.29 is 9.18 Å². The molecule has 1 aromatic heterocycles. The molecule has 22 heavy (non-hydrogen) atoms. The number of amidine groups is 1. The summed E-state index contributed by atoms with van der Waals surface area (Å²) in [6.45, 7) is 0. The molecular weight excluding hydrogens is 283 g/mol. The van der Waals surface area contributed by atoms with Crippen molar-refractivity contribution in [3.63, 3.8) is 0 Å². The third kappa shape index (κ3) is 4.82. The van der Waals surface area contributed by atoms with Crippen LogP contribution in [0.2, 0.25) is 0 Å². The Hall–Kier alpha value is -3.02. The van der Waals surface area contributed by atoms with E-state index in [0.29, 0.717) is 5.56 Å². The zero-order chi connectivity index (χ0) is 15.8. The van der Waals surface area contributed by atoms with E-state index < -0.39 is 11.7 Å². The summed E-state index contributed by atoms with van der Waals surface area (Å²) < 4.78 is 13.4. The van der Waals surface area contributed by atoms with Crippen LogP contribution in [-0.2, 0) is 11.2 Å². The molecule has 2 rings (SSSR count). The SMILES string of the molecule is NC(/C=C\Nc1ccncc1)=NC(=O)Cc1ccccc1F. The number of benzene rings is 1. The van der Waals surface area contributed by atoms with Gasteiger partial charge < -0.3 is 11.1 Å². The van der Waals surface area contributed by atoms with Gasteiger partial charge in [-0.3, -0.25) is 9.78 Å². The van der Waals surface area contributed by atoms with Crippen LogP contribution in [0.5, 0.6) is 0 Å². The van der Waals surface area contributed by atoms with Gasteiger partial charge in [0.05, 0.1) is 6.42 Å². The smallest absolute Gasteiger partial charge is 0.252 e. The van der Waals surface area contributed by atoms with Crippen LogP contribution in [0.4, 0.5) is 10.1 Å². The molecular formula is C16H15FN4O. The summed E-state index contributed by atoms with van der Waals surface area (Å²) in [7, 11) is 0. The number of aliphatic imine (C=N–C) groups is 1. The van der Waals surface area contributed by atoms with Crippen LogP contribution in [0, 0.1) is 5.82 Å². The van der Waals surface area contributed by atoms with Crippen LogP contribution in [0.3, 0.4) is 0 Å². The summed E-state index contributed by atoms with van der Waals surface area (Å²) >= 11 is 0. The first-order valence-corrected chi connectivity index (χ1v) is 6.58. The van der Waals surface area contributed by atoms with E-state index in [2.05, 4.69) is 15.3 Å². The maximum absolute atomic E-state index is 13.4. The molecule has 1 amide bonds. The van der Waals surface area contributed by atoms with Crippen molar-refractivity contribution in [2.75, 3.05) is 5.32 Å². The first-order chi connectivity index (χ1) is 10.6. The number of nitrogens with zero attached hydrogens (tertiary/aromatic N) is 2. The molecule has 2 aromatic rings. The second-order valence-corrected chi connectivity index (χ2v) is 4.41. The highest BCUT2D eigenvalue weighted by Crippen LogP contribution is 2.07. The van der Waals surface area contributed by atoms with Gasteiger partial charge >= 0.3 is 0 Å². The lowest BCUT2D eigenvalue weighted by atomic mass is 10.1. The Morgan fingerprint density at radius 3 is 2.73 bits per heavy atom. The van der Waals surface area contributed by atoms with Crippen molar-refractivity contribution in [3.05, 3.63) is 72.4 Å². The zero-order valence-corrected chi connectivity index (χ0v) is 11.7. The van der Waals surface area contributed by atoms with Crippen LogP contribution in [-0.4, -0.2) is 16.7 Å². The lowest BCUT2D eigenvalue weighted by Gasteiger charge is -2.00. The number of rotatable bonds is 5. The van der Waals surface area contributed by atoms with Gasteiger partial charge in [0.25, 0.3) is 5.91 Å². The van der Waals surface area contributed by atoms with Crippen molar-refractivity contribution >= 4 is 17.4 Å².